The average Bonchev–Trinajstić information content (AvgIpc) is 3.39. The van der Waals surface area contributed by atoms with Crippen molar-refractivity contribution in [2.24, 2.45) is 7.05 Å². The van der Waals surface area contributed by atoms with E-state index in [1.807, 2.05) is 26.1 Å². The van der Waals surface area contributed by atoms with Gasteiger partial charge in [0, 0.05) is 17.3 Å². The fourth-order valence-electron chi connectivity index (χ4n) is 2.89. The highest BCUT2D eigenvalue weighted by Crippen LogP contribution is 2.31. The molecule has 0 aliphatic heterocycles. The van der Waals surface area contributed by atoms with Gasteiger partial charge < -0.3 is 9.15 Å². The third-order valence-electron chi connectivity index (χ3n) is 4.24. The average molecular weight is 403 g/mol. The highest BCUT2D eigenvalue weighted by molar-refractivity contribution is 7.20. The van der Waals surface area contributed by atoms with Crippen LogP contribution in [0.25, 0.3) is 21.0 Å². The van der Waals surface area contributed by atoms with Gasteiger partial charge in [0.25, 0.3) is 11.8 Å². The zero-order valence-corrected chi connectivity index (χ0v) is 17.0. The van der Waals surface area contributed by atoms with E-state index in [9.17, 15) is 4.79 Å². The SMILES string of the molecule is CCc1sc(-c2nnc(COC(=O)c3cc4c(C)nn(C)c4s3)o2)cc1C. The van der Waals surface area contributed by atoms with Crippen LogP contribution in [-0.4, -0.2) is 25.9 Å². The standard InChI is InChI=1S/C18H18N4O3S2/c1-5-12-9(2)6-13(26-12)16-20-19-15(25-16)8-24-18(23)14-7-11-10(3)21-22(4)17(11)27-14/h6-7H,5,8H2,1-4H3. The van der Waals surface area contributed by atoms with Gasteiger partial charge in [-0.3, -0.25) is 4.68 Å². The number of carbonyl (C=O) groups is 1. The van der Waals surface area contributed by atoms with Crippen molar-refractivity contribution in [2.45, 2.75) is 33.8 Å². The van der Waals surface area contributed by atoms with Crippen LogP contribution in [0.1, 0.15) is 38.6 Å². The van der Waals surface area contributed by atoms with E-state index in [-0.39, 0.29) is 12.5 Å². The molecule has 0 fully saturated rings. The lowest BCUT2D eigenvalue weighted by molar-refractivity contribution is 0.0444. The molecule has 0 aromatic carbocycles. The van der Waals surface area contributed by atoms with Crippen molar-refractivity contribution in [1.82, 2.24) is 20.0 Å². The Morgan fingerprint density at radius 1 is 1.26 bits per heavy atom. The fraction of sp³-hybridized carbons (Fsp3) is 0.333. The summed E-state index contributed by atoms with van der Waals surface area (Å²) in [4.78, 5) is 16.0. The molecule has 9 heteroatoms. The van der Waals surface area contributed by atoms with E-state index in [0.29, 0.717) is 10.8 Å². The molecule has 0 saturated heterocycles. The highest BCUT2D eigenvalue weighted by atomic mass is 32.1. The van der Waals surface area contributed by atoms with Gasteiger partial charge in [-0.2, -0.15) is 5.10 Å². The number of carbonyl (C=O) groups excluding carboxylic acids is 1. The fourth-order valence-corrected chi connectivity index (χ4v) is 4.94. The van der Waals surface area contributed by atoms with Crippen LogP contribution in [0, 0.1) is 13.8 Å². The van der Waals surface area contributed by atoms with Crippen molar-refractivity contribution >= 4 is 38.9 Å². The molecule has 140 valence electrons. The largest absolute Gasteiger partial charge is 0.451 e. The van der Waals surface area contributed by atoms with Gasteiger partial charge in [0.15, 0.2) is 6.61 Å². The van der Waals surface area contributed by atoms with Crippen molar-refractivity contribution in [3.8, 4) is 10.8 Å². The van der Waals surface area contributed by atoms with Gasteiger partial charge in [-0.25, -0.2) is 4.79 Å². The molecule has 0 radical (unpaired) electrons. The van der Waals surface area contributed by atoms with Crippen molar-refractivity contribution < 1.29 is 13.9 Å². The second kappa shape index (κ2) is 6.90. The van der Waals surface area contributed by atoms with Crippen molar-refractivity contribution in [3.63, 3.8) is 0 Å². The Hall–Kier alpha value is -2.52. The van der Waals surface area contributed by atoms with Crippen LogP contribution in [-0.2, 0) is 24.8 Å². The molecule has 7 nitrogen and oxygen atoms in total. The number of hydrogen-bond acceptors (Lipinski definition) is 8. The molecule has 0 spiro atoms. The first kappa shape index (κ1) is 17.9. The number of fused-ring (bicyclic) bond motifs is 1. The molecular weight excluding hydrogens is 384 g/mol. The quantitative estimate of drug-likeness (QED) is 0.463. The molecule has 4 aromatic rings. The monoisotopic (exact) mass is 402 g/mol. The molecule has 0 unspecified atom stereocenters. The van der Waals surface area contributed by atoms with Crippen LogP contribution in [0.15, 0.2) is 16.5 Å². The van der Waals surface area contributed by atoms with Gasteiger partial charge in [0.1, 0.15) is 9.71 Å². The van der Waals surface area contributed by atoms with Gasteiger partial charge >= 0.3 is 5.97 Å². The predicted molar refractivity (Wildman–Crippen MR) is 104 cm³/mol. The molecule has 0 atom stereocenters. The molecule has 0 bridgehead atoms. The summed E-state index contributed by atoms with van der Waals surface area (Å²) in [6.07, 6.45) is 0.971. The van der Waals surface area contributed by atoms with Gasteiger partial charge in [0.2, 0.25) is 0 Å². The first-order chi connectivity index (χ1) is 13.0. The smallest absolute Gasteiger partial charge is 0.348 e. The zero-order valence-electron chi connectivity index (χ0n) is 15.4. The second-order valence-corrected chi connectivity index (χ2v) is 8.35. The normalized spacial score (nSPS) is 11.4. The molecule has 4 heterocycles. The summed E-state index contributed by atoms with van der Waals surface area (Å²) in [6.45, 7) is 6.05. The maximum Gasteiger partial charge on any atom is 0.348 e. The summed E-state index contributed by atoms with van der Waals surface area (Å²) in [5, 5.41) is 13.4. The van der Waals surface area contributed by atoms with E-state index in [1.54, 1.807) is 16.0 Å². The summed E-state index contributed by atoms with van der Waals surface area (Å²) in [5.41, 5.74) is 2.11. The number of nitrogens with zero attached hydrogens (tertiary/aromatic N) is 4. The van der Waals surface area contributed by atoms with E-state index in [2.05, 4.69) is 29.1 Å². The van der Waals surface area contributed by atoms with E-state index < -0.39 is 5.97 Å². The number of hydrogen-bond donors (Lipinski definition) is 0. The van der Waals surface area contributed by atoms with E-state index in [4.69, 9.17) is 9.15 Å². The van der Waals surface area contributed by atoms with Gasteiger partial charge in [-0.15, -0.1) is 32.9 Å². The Bertz CT molecular complexity index is 1100. The van der Waals surface area contributed by atoms with Crippen LogP contribution in [0.4, 0.5) is 0 Å². The number of thiophene rings is 2. The first-order valence-electron chi connectivity index (χ1n) is 8.48. The summed E-state index contributed by atoms with van der Waals surface area (Å²) < 4.78 is 12.8. The lowest BCUT2D eigenvalue weighted by Crippen LogP contribution is -2.03. The Labute approximate surface area is 163 Å². The molecule has 4 aromatic heterocycles. The molecule has 0 aliphatic carbocycles. The van der Waals surface area contributed by atoms with Crippen molar-refractivity contribution in [1.29, 1.82) is 0 Å². The summed E-state index contributed by atoms with van der Waals surface area (Å²) in [5.74, 6) is 0.328. The number of esters is 1. The molecule has 0 aliphatic rings. The minimum Gasteiger partial charge on any atom is -0.451 e. The minimum absolute atomic E-state index is 0.0533. The molecule has 0 N–H and O–H groups in total. The number of ether oxygens (including phenoxy) is 1. The van der Waals surface area contributed by atoms with Crippen LogP contribution < -0.4 is 0 Å². The Morgan fingerprint density at radius 3 is 2.78 bits per heavy atom. The van der Waals surface area contributed by atoms with Gasteiger partial charge in [-0.05, 0) is 38.0 Å². The van der Waals surface area contributed by atoms with Crippen molar-refractivity contribution in [2.75, 3.05) is 0 Å². The zero-order chi connectivity index (χ0) is 19.1. The number of aromatic nitrogens is 4. The Balaban J connectivity index is 1.45. The summed E-state index contributed by atoms with van der Waals surface area (Å²) in [6, 6.07) is 3.85. The van der Waals surface area contributed by atoms with Crippen molar-refractivity contribution in [3.05, 3.63) is 39.0 Å². The van der Waals surface area contributed by atoms with E-state index in [0.717, 1.165) is 27.2 Å². The molecular formula is C18H18N4O3S2. The molecule has 0 saturated carbocycles. The molecule has 27 heavy (non-hydrogen) atoms. The molecule has 0 amide bonds. The van der Waals surface area contributed by atoms with E-state index >= 15 is 0 Å². The van der Waals surface area contributed by atoms with E-state index in [1.165, 1.54) is 21.8 Å². The summed E-state index contributed by atoms with van der Waals surface area (Å²) >= 11 is 3.00. The number of aryl methyl sites for hydroxylation is 4. The third kappa shape index (κ3) is 3.28. The van der Waals surface area contributed by atoms with Crippen LogP contribution in [0.5, 0.6) is 0 Å². The topological polar surface area (TPSA) is 83.0 Å². The summed E-state index contributed by atoms with van der Waals surface area (Å²) in [7, 11) is 1.86. The highest BCUT2D eigenvalue weighted by Gasteiger charge is 2.18. The van der Waals surface area contributed by atoms with Crippen LogP contribution >= 0.6 is 22.7 Å². The van der Waals surface area contributed by atoms with Gasteiger partial charge in [0.05, 0.1) is 10.6 Å². The van der Waals surface area contributed by atoms with Crippen LogP contribution in [0.3, 0.4) is 0 Å². The number of rotatable bonds is 5. The second-order valence-electron chi connectivity index (χ2n) is 6.19. The maximum atomic E-state index is 12.3. The Kier molecular flexibility index (Phi) is 4.56. The maximum absolute atomic E-state index is 12.3. The Morgan fingerprint density at radius 2 is 2.07 bits per heavy atom. The lowest BCUT2D eigenvalue weighted by atomic mass is 10.2. The van der Waals surface area contributed by atoms with Crippen LogP contribution in [0.2, 0.25) is 0 Å². The lowest BCUT2D eigenvalue weighted by Gasteiger charge is -1.98. The molecule has 4 rings (SSSR count). The predicted octanol–water partition coefficient (Wildman–Crippen LogP) is 4.28. The first-order valence-corrected chi connectivity index (χ1v) is 10.1. The third-order valence-corrected chi connectivity index (χ3v) is 6.79. The van der Waals surface area contributed by atoms with Gasteiger partial charge in [-0.1, -0.05) is 6.92 Å². The minimum atomic E-state index is -0.407.